The Hall–Kier alpha value is -1.45. The molecule has 21 heavy (non-hydrogen) atoms. The molecule has 108 valence electrons. The average Bonchev–Trinajstić information content (AvgIpc) is 2.95. The number of Topliss-reactive ketones (excluding diaryl/α,β-unsaturated/α-hetero) is 1. The molecule has 0 saturated heterocycles. The molecule has 0 radical (unpaired) electrons. The Morgan fingerprint density at radius 3 is 2.95 bits per heavy atom. The van der Waals surface area contributed by atoms with Crippen LogP contribution in [0.1, 0.15) is 21.5 Å². The molecule has 1 aliphatic heterocycles. The summed E-state index contributed by atoms with van der Waals surface area (Å²) >= 11 is 7.73. The van der Waals surface area contributed by atoms with Gasteiger partial charge in [0.25, 0.3) is 0 Å². The smallest absolute Gasteiger partial charge is 0.168 e. The van der Waals surface area contributed by atoms with Gasteiger partial charge in [-0.2, -0.15) is 0 Å². The Bertz CT molecular complexity index is 697. The highest BCUT2D eigenvalue weighted by molar-refractivity contribution is 7.98. The summed E-state index contributed by atoms with van der Waals surface area (Å²) in [6.07, 6.45) is 3.16. The van der Waals surface area contributed by atoms with Crippen molar-refractivity contribution < 1.29 is 9.53 Å². The molecule has 4 heteroatoms. The molecule has 2 nitrogen and oxygen atoms in total. The fourth-order valence-electron chi connectivity index (χ4n) is 2.62. The van der Waals surface area contributed by atoms with Crippen molar-refractivity contribution in [3.05, 3.63) is 58.1 Å². The number of rotatable bonds is 4. The number of carbonyl (C=O) groups is 1. The van der Waals surface area contributed by atoms with Gasteiger partial charge >= 0.3 is 0 Å². The Labute approximate surface area is 133 Å². The normalized spacial score (nSPS) is 12.9. The summed E-state index contributed by atoms with van der Waals surface area (Å²) < 4.78 is 5.66. The zero-order valence-corrected chi connectivity index (χ0v) is 13.3. The van der Waals surface area contributed by atoms with Crippen LogP contribution in [0.4, 0.5) is 0 Å². The van der Waals surface area contributed by atoms with Crippen molar-refractivity contribution in [3.8, 4) is 5.75 Å². The molecule has 2 aromatic carbocycles. The second-order valence-electron chi connectivity index (χ2n) is 4.95. The highest BCUT2D eigenvalue weighted by Gasteiger charge is 2.20. The summed E-state index contributed by atoms with van der Waals surface area (Å²) in [4.78, 5) is 13.6. The van der Waals surface area contributed by atoms with Gasteiger partial charge in [0.2, 0.25) is 0 Å². The van der Waals surface area contributed by atoms with E-state index in [1.807, 2.05) is 42.7 Å². The van der Waals surface area contributed by atoms with Gasteiger partial charge in [-0.25, -0.2) is 0 Å². The van der Waals surface area contributed by atoms with E-state index >= 15 is 0 Å². The number of benzene rings is 2. The number of carbonyl (C=O) groups excluding carboxylic acids is 1. The quantitative estimate of drug-likeness (QED) is 0.616. The van der Waals surface area contributed by atoms with Crippen molar-refractivity contribution in [2.45, 2.75) is 17.7 Å². The minimum Gasteiger partial charge on any atom is -0.493 e. The van der Waals surface area contributed by atoms with Crippen molar-refractivity contribution in [2.24, 2.45) is 0 Å². The zero-order chi connectivity index (χ0) is 14.8. The molecule has 0 spiro atoms. The molecule has 0 bridgehead atoms. The lowest BCUT2D eigenvalue weighted by Crippen LogP contribution is -2.06. The van der Waals surface area contributed by atoms with Gasteiger partial charge in [0.1, 0.15) is 5.75 Å². The molecule has 3 rings (SSSR count). The first-order chi connectivity index (χ1) is 10.2. The maximum atomic E-state index is 12.6. The van der Waals surface area contributed by atoms with Crippen LogP contribution in [0.2, 0.25) is 5.02 Å². The Kier molecular flexibility index (Phi) is 4.22. The fraction of sp³-hybridized carbons (Fsp3) is 0.235. The SMILES string of the molecule is CSc1ccccc1C(=O)Cc1cc(Cl)cc2c1OCC2. The average molecular weight is 319 g/mol. The molecule has 0 unspecified atom stereocenters. The molecular formula is C17H15ClO2S. The van der Waals surface area contributed by atoms with E-state index in [0.29, 0.717) is 18.1 Å². The predicted octanol–water partition coefficient (Wildman–Crippen LogP) is 4.42. The number of hydrogen-bond acceptors (Lipinski definition) is 3. The van der Waals surface area contributed by atoms with Gasteiger partial charge < -0.3 is 4.74 Å². The molecule has 0 N–H and O–H groups in total. The highest BCUT2D eigenvalue weighted by Crippen LogP contribution is 2.34. The lowest BCUT2D eigenvalue weighted by molar-refractivity contribution is 0.0989. The zero-order valence-electron chi connectivity index (χ0n) is 11.7. The van der Waals surface area contributed by atoms with Crippen molar-refractivity contribution in [2.75, 3.05) is 12.9 Å². The van der Waals surface area contributed by atoms with Crippen LogP contribution >= 0.6 is 23.4 Å². The second-order valence-corrected chi connectivity index (χ2v) is 6.24. The number of halogens is 1. The molecule has 1 heterocycles. The van der Waals surface area contributed by atoms with E-state index in [4.69, 9.17) is 16.3 Å². The van der Waals surface area contributed by atoms with Crippen LogP contribution in [0.3, 0.4) is 0 Å². The fourth-order valence-corrected chi connectivity index (χ4v) is 3.50. The third kappa shape index (κ3) is 2.94. The van der Waals surface area contributed by atoms with E-state index in [2.05, 4.69) is 0 Å². The van der Waals surface area contributed by atoms with Crippen LogP contribution < -0.4 is 4.74 Å². The standard InChI is InChI=1S/C17H15ClO2S/c1-21-16-5-3-2-4-14(16)15(19)10-12-9-13(18)8-11-6-7-20-17(11)12/h2-5,8-9H,6-7,10H2,1H3. The Morgan fingerprint density at radius 2 is 2.14 bits per heavy atom. The van der Waals surface area contributed by atoms with E-state index in [1.54, 1.807) is 11.8 Å². The topological polar surface area (TPSA) is 26.3 Å². The number of ether oxygens (including phenoxy) is 1. The monoisotopic (exact) mass is 318 g/mol. The number of thioether (sulfide) groups is 1. The Morgan fingerprint density at radius 1 is 1.33 bits per heavy atom. The highest BCUT2D eigenvalue weighted by atomic mass is 35.5. The summed E-state index contributed by atoms with van der Waals surface area (Å²) in [5.41, 5.74) is 2.75. The number of hydrogen-bond donors (Lipinski definition) is 0. The van der Waals surface area contributed by atoms with Gasteiger partial charge in [0, 0.05) is 33.9 Å². The molecule has 0 amide bonds. The first kappa shape index (κ1) is 14.5. The molecule has 1 aliphatic rings. The molecule has 0 aliphatic carbocycles. The van der Waals surface area contributed by atoms with Crippen molar-refractivity contribution in [3.63, 3.8) is 0 Å². The van der Waals surface area contributed by atoms with Gasteiger partial charge in [-0.05, 0) is 30.0 Å². The summed E-state index contributed by atoms with van der Waals surface area (Å²) in [6, 6.07) is 11.4. The van der Waals surface area contributed by atoms with Crippen LogP contribution in [0.15, 0.2) is 41.3 Å². The molecule has 0 saturated carbocycles. The predicted molar refractivity (Wildman–Crippen MR) is 86.9 cm³/mol. The second kappa shape index (κ2) is 6.12. The molecule has 0 aromatic heterocycles. The third-order valence-corrected chi connectivity index (χ3v) is 4.60. The van der Waals surface area contributed by atoms with Gasteiger partial charge in [-0.1, -0.05) is 29.8 Å². The third-order valence-electron chi connectivity index (χ3n) is 3.58. The van der Waals surface area contributed by atoms with Gasteiger partial charge in [0.05, 0.1) is 6.61 Å². The van der Waals surface area contributed by atoms with Crippen molar-refractivity contribution in [1.29, 1.82) is 0 Å². The summed E-state index contributed by atoms with van der Waals surface area (Å²) in [7, 11) is 0. The van der Waals surface area contributed by atoms with E-state index < -0.39 is 0 Å². The van der Waals surface area contributed by atoms with Crippen LogP contribution in [0, 0.1) is 0 Å². The minimum absolute atomic E-state index is 0.0971. The summed E-state index contributed by atoms with van der Waals surface area (Å²) in [6.45, 7) is 0.665. The number of ketones is 1. The molecule has 0 atom stereocenters. The van der Waals surface area contributed by atoms with Crippen LogP contribution in [0.25, 0.3) is 0 Å². The molecule has 2 aromatic rings. The van der Waals surface area contributed by atoms with Gasteiger partial charge in [-0.15, -0.1) is 11.8 Å². The van der Waals surface area contributed by atoms with Crippen molar-refractivity contribution in [1.82, 2.24) is 0 Å². The lowest BCUT2D eigenvalue weighted by Gasteiger charge is -2.10. The number of fused-ring (bicyclic) bond motifs is 1. The molecule has 0 fully saturated rings. The largest absolute Gasteiger partial charge is 0.493 e. The Balaban J connectivity index is 1.92. The first-order valence-corrected chi connectivity index (χ1v) is 8.39. The van der Waals surface area contributed by atoms with E-state index in [-0.39, 0.29) is 5.78 Å². The maximum Gasteiger partial charge on any atom is 0.168 e. The molecular weight excluding hydrogens is 304 g/mol. The van der Waals surface area contributed by atoms with Crippen LogP contribution in [0.5, 0.6) is 5.75 Å². The van der Waals surface area contributed by atoms with Gasteiger partial charge in [0.15, 0.2) is 5.78 Å². The first-order valence-electron chi connectivity index (χ1n) is 6.79. The van der Waals surface area contributed by atoms with Crippen LogP contribution in [-0.4, -0.2) is 18.6 Å². The summed E-state index contributed by atoms with van der Waals surface area (Å²) in [5, 5.41) is 0.667. The lowest BCUT2D eigenvalue weighted by atomic mass is 10.00. The van der Waals surface area contributed by atoms with Gasteiger partial charge in [-0.3, -0.25) is 4.79 Å². The maximum absolute atomic E-state index is 12.6. The summed E-state index contributed by atoms with van der Waals surface area (Å²) in [5.74, 6) is 0.939. The van der Waals surface area contributed by atoms with E-state index in [9.17, 15) is 4.79 Å². The van der Waals surface area contributed by atoms with Crippen molar-refractivity contribution >= 4 is 29.1 Å². The van der Waals surface area contributed by atoms with E-state index in [0.717, 1.165) is 33.8 Å². The van der Waals surface area contributed by atoms with E-state index in [1.165, 1.54) is 0 Å². The minimum atomic E-state index is 0.0971. The van der Waals surface area contributed by atoms with Crippen LogP contribution in [-0.2, 0) is 12.8 Å².